The van der Waals surface area contributed by atoms with Crippen LogP contribution in [-0.4, -0.2) is 192 Å². The largest absolute Gasteiger partial charge is 0.534 e. The minimum absolute atomic E-state index is 0.0638. The summed E-state index contributed by atoms with van der Waals surface area (Å²) in [6.45, 7) is 40.2. The summed E-state index contributed by atoms with van der Waals surface area (Å²) in [6, 6.07) is 2.99. The van der Waals surface area contributed by atoms with Crippen molar-refractivity contribution in [2.24, 2.45) is 0 Å². The number of rotatable bonds is 5. The van der Waals surface area contributed by atoms with Crippen LogP contribution < -0.4 is 9.03 Å². The van der Waals surface area contributed by atoms with E-state index < -0.39 is 96.7 Å². The van der Waals surface area contributed by atoms with Gasteiger partial charge in [0.25, 0.3) is 0 Å². The van der Waals surface area contributed by atoms with Gasteiger partial charge in [-0.15, -0.1) is 3.71 Å². The van der Waals surface area contributed by atoms with Crippen molar-refractivity contribution in [3.05, 3.63) is 42.2 Å². The summed E-state index contributed by atoms with van der Waals surface area (Å²) in [7, 11) is -19.3. The molecular formula is C64H101F9N6O19S3. The number of Topliss-reactive ketones (excluding diaryl/α,β-unsaturated/α-hetero) is 4. The van der Waals surface area contributed by atoms with Gasteiger partial charge in [0, 0.05) is 112 Å². The summed E-state index contributed by atoms with van der Waals surface area (Å²) in [5.74, 6) is 0.718. The van der Waals surface area contributed by atoms with Crippen molar-refractivity contribution in [2.45, 2.75) is 309 Å². The van der Waals surface area contributed by atoms with Crippen LogP contribution in [0, 0.1) is 0 Å². The van der Waals surface area contributed by atoms with E-state index in [9.17, 15) is 103 Å². The molecule has 4 amide bonds. The Balaban J connectivity index is 0.000000616. The molecule has 0 bridgehead atoms. The Kier molecular flexibility index (Phi) is 32.8. The smallest absolute Gasteiger partial charge is 0.444 e. The van der Waals surface area contributed by atoms with E-state index in [1.807, 2.05) is 118 Å². The van der Waals surface area contributed by atoms with Gasteiger partial charge in [-0.05, 0) is 171 Å². The number of likely N-dealkylation sites (tertiary alicyclic amines) is 3. The molecule has 1 aromatic rings. The maximum Gasteiger partial charge on any atom is 0.534 e. The molecule has 101 heavy (non-hydrogen) atoms. The van der Waals surface area contributed by atoms with Crippen LogP contribution in [0.5, 0.6) is 0 Å². The second kappa shape index (κ2) is 35.8. The number of amides is 4. The Hall–Kier alpha value is -6.50. The first kappa shape index (κ1) is 92.5. The van der Waals surface area contributed by atoms with Crippen LogP contribution in [0.3, 0.4) is 0 Å². The fourth-order valence-electron chi connectivity index (χ4n) is 10.8. The predicted molar refractivity (Wildman–Crippen MR) is 355 cm³/mol. The topological polar surface area (TPSA) is 313 Å². The van der Waals surface area contributed by atoms with Gasteiger partial charge in [0.2, 0.25) is 0 Å². The molecule has 5 aliphatic rings. The van der Waals surface area contributed by atoms with E-state index in [0.717, 1.165) is 24.3 Å². The number of para-hydroxylation sites is 1. The highest BCUT2D eigenvalue weighted by atomic mass is 32.3. The van der Waals surface area contributed by atoms with Crippen molar-refractivity contribution in [3.63, 3.8) is 0 Å². The van der Waals surface area contributed by atoms with Gasteiger partial charge in [0.15, 0.2) is 0 Å². The number of nitrogens with one attached hydrogen (secondary N) is 1. The second-order valence-electron chi connectivity index (χ2n) is 29.2. The van der Waals surface area contributed by atoms with E-state index in [-0.39, 0.29) is 84.1 Å². The lowest BCUT2D eigenvalue weighted by molar-refractivity contribution is -0.125. The number of nitrogens with zero attached hydrogens (tertiary/aromatic N) is 5. The number of benzene rings is 1. The van der Waals surface area contributed by atoms with Gasteiger partial charge in [-0.25, -0.2) is 19.2 Å². The Morgan fingerprint density at radius 2 is 0.644 bits per heavy atom. The minimum atomic E-state index is -6.81. The number of halogens is 9. The average molecular weight is 1530 g/mol. The molecule has 1 N–H and O–H groups in total. The molecule has 0 radical (unpaired) electrons. The number of carbonyl (C=O) groups excluding carboxylic acids is 8. The zero-order chi connectivity index (χ0) is 79.3. The monoisotopic (exact) mass is 1520 g/mol. The van der Waals surface area contributed by atoms with Gasteiger partial charge in [0.05, 0.1) is 11.7 Å². The lowest BCUT2D eigenvalue weighted by atomic mass is 9.97. The molecule has 1 aromatic carbocycles. The first-order valence-electron chi connectivity index (χ1n) is 32.2. The van der Waals surface area contributed by atoms with Crippen molar-refractivity contribution in [3.8, 4) is 0 Å². The van der Waals surface area contributed by atoms with Crippen LogP contribution >= 0.6 is 0 Å². The van der Waals surface area contributed by atoms with E-state index >= 15 is 0 Å². The Labute approximate surface area is 587 Å². The number of hydrogen-bond acceptors (Lipinski definition) is 20. The fraction of sp³-hybridized carbons (Fsp3) is 0.750. The average Bonchev–Trinajstić information content (AvgIpc) is 0.741. The lowest BCUT2D eigenvalue weighted by Crippen LogP contribution is -2.51. The van der Waals surface area contributed by atoms with Gasteiger partial charge in [-0.2, -0.15) is 64.8 Å². The standard InChI is InChI=1S/C13H20F3NO5S.3C12H21NO3.C8H5F6NO4S2.C7H13NO/c1-8-6-10(22-23(19,20)13(14,15)16)7-9(2)17(8)11(18)21-12(3,4)5;3*1-8-6-10(14)7-9(2)13(8)11(15)16-12(3,4)5;9-7(10,11)20(16,17)15(6-4-2-1-3-5-6)21(18,19)8(12,13)14;1-5-3-7(9)4-6(2)8-5/h6,8-9H,7H2,1-5H3;3*8-9H,6-7H2,1-5H3;1-5H;5-6,8H,3-4H2,1-2H3/t8-,9-;8-,9+;2*8-,9-;;/m0.00../s1. The third-order valence-electron chi connectivity index (χ3n) is 14.4. The first-order valence-corrected chi connectivity index (χ1v) is 36.5. The van der Waals surface area contributed by atoms with Gasteiger partial charge < -0.3 is 43.1 Å². The highest BCUT2D eigenvalue weighted by molar-refractivity contribution is 8.11. The van der Waals surface area contributed by atoms with Crippen molar-refractivity contribution in [2.75, 3.05) is 3.71 Å². The molecule has 4 saturated heterocycles. The molecule has 5 heterocycles. The number of piperidine rings is 4. The van der Waals surface area contributed by atoms with Crippen molar-refractivity contribution < 1.29 is 126 Å². The summed E-state index contributed by atoms with van der Waals surface area (Å²) < 4.78 is 202. The molecule has 582 valence electrons. The maximum absolute atomic E-state index is 12.4. The summed E-state index contributed by atoms with van der Waals surface area (Å²) in [6.07, 6.45) is 3.43. The Morgan fingerprint density at radius 3 is 0.871 bits per heavy atom. The van der Waals surface area contributed by atoms with Crippen LogP contribution in [0.4, 0.5) is 64.4 Å². The Morgan fingerprint density at radius 1 is 0.396 bits per heavy atom. The SMILES string of the molecule is CC1CC(=O)CC(C)N1.C[C@@H]1CC(=O)C[C@H](C)N1C(=O)OC(C)(C)C.C[C@H]1C=C(OS(=O)(=O)C(F)(F)F)C[C@H](C)N1C(=O)OC(C)(C)C.C[C@H]1CC(=O)C[C@H](C)N1C(=O)OC(C)(C)C.C[C@H]1CC(=O)C[C@H](C)N1C(=O)OC(C)(C)C.O=S(=O)(N(c1ccccc1)S(=O)(=O)C(F)(F)F)C(F)(F)F. The number of alkyl halides is 9. The summed E-state index contributed by atoms with van der Waals surface area (Å²) >= 11 is 0. The molecule has 25 nitrogen and oxygen atoms in total. The molecule has 10 atom stereocenters. The fourth-order valence-corrected chi connectivity index (χ4v) is 14.0. The van der Waals surface area contributed by atoms with Crippen LogP contribution in [0.1, 0.15) is 210 Å². The second-order valence-corrected chi connectivity index (χ2v) is 34.6. The van der Waals surface area contributed by atoms with E-state index in [4.69, 9.17) is 18.9 Å². The molecule has 6 rings (SSSR count). The zero-order valence-corrected chi connectivity index (χ0v) is 63.7. The predicted octanol–water partition coefficient (Wildman–Crippen LogP) is 13.2. The van der Waals surface area contributed by atoms with Gasteiger partial charge >= 0.3 is 71.1 Å². The molecule has 0 aliphatic carbocycles. The number of ether oxygens (including phenoxy) is 4. The highest BCUT2D eigenvalue weighted by Crippen LogP contribution is 2.39. The van der Waals surface area contributed by atoms with Crippen LogP contribution in [0.25, 0.3) is 0 Å². The van der Waals surface area contributed by atoms with Gasteiger partial charge in [0.1, 0.15) is 51.3 Å². The molecule has 0 aromatic heterocycles. The normalized spacial score (nSPS) is 24.2. The molecule has 4 fully saturated rings. The lowest BCUT2D eigenvalue weighted by Gasteiger charge is -2.38. The molecule has 37 heteroatoms. The number of ketones is 4. The molecule has 0 spiro atoms. The van der Waals surface area contributed by atoms with Crippen LogP contribution in [0.15, 0.2) is 42.2 Å². The first-order chi connectivity index (χ1) is 45.2. The van der Waals surface area contributed by atoms with Crippen molar-refractivity contribution in [1.82, 2.24) is 24.9 Å². The van der Waals surface area contributed by atoms with Crippen LogP contribution in [0.2, 0.25) is 0 Å². The van der Waals surface area contributed by atoms with Crippen LogP contribution in [-0.2, 0) is 72.5 Å². The number of carbonyl (C=O) groups is 8. The van der Waals surface area contributed by atoms with Crippen molar-refractivity contribution >= 4 is 83.4 Å². The van der Waals surface area contributed by atoms with Gasteiger partial charge in [-0.3, -0.25) is 24.1 Å². The molecule has 0 saturated carbocycles. The maximum atomic E-state index is 12.4. The molecule has 2 unspecified atom stereocenters. The zero-order valence-electron chi connectivity index (χ0n) is 61.2. The van der Waals surface area contributed by atoms with E-state index in [1.165, 1.54) is 11.8 Å². The third kappa shape index (κ3) is 30.0. The highest BCUT2D eigenvalue weighted by Gasteiger charge is 2.62. The van der Waals surface area contributed by atoms with Crippen molar-refractivity contribution in [1.29, 1.82) is 0 Å². The summed E-state index contributed by atoms with van der Waals surface area (Å²) in [5, 5.41) is 3.29. The summed E-state index contributed by atoms with van der Waals surface area (Å²) in [5.41, 5.74) is -21.5. The number of anilines is 1. The van der Waals surface area contributed by atoms with E-state index in [2.05, 4.69) is 9.50 Å². The number of sulfonamides is 2. The quantitative estimate of drug-likeness (QED) is 0.124. The third-order valence-corrected chi connectivity index (χ3v) is 19.0. The molecule has 5 aliphatic heterocycles. The summed E-state index contributed by atoms with van der Waals surface area (Å²) in [4.78, 5) is 99.2. The number of hydrogen-bond donors (Lipinski definition) is 1. The van der Waals surface area contributed by atoms with E-state index in [1.54, 1.807) is 42.4 Å². The van der Waals surface area contributed by atoms with E-state index in [0.29, 0.717) is 81.4 Å². The van der Waals surface area contributed by atoms with Gasteiger partial charge in [-0.1, -0.05) is 18.2 Å². The minimum Gasteiger partial charge on any atom is -0.444 e. The molecular weight excluding hydrogens is 1420 g/mol. The Bertz CT molecular complexity index is 3160.